The van der Waals surface area contributed by atoms with Crippen LogP contribution in [0.3, 0.4) is 0 Å². The van der Waals surface area contributed by atoms with Gasteiger partial charge in [-0.15, -0.1) is 0 Å². The molecule has 0 aliphatic carbocycles. The standard InChI is InChI=1S/C12H21FN2O3/c1-12(2,3)18-11(17)15-6-5-9(13)10(7-15)14(4)8-16/h8-10H,5-7H2,1-4H3/t9-,10+/m0/s1. The van der Waals surface area contributed by atoms with Gasteiger partial charge in [-0.2, -0.15) is 0 Å². The first-order valence-electron chi connectivity index (χ1n) is 6.04. The molecule has 0 aromatic carbocycles. The predicted molar refractivity (Wildman–Crippen MR) is 64.9 cm³/mol. The van der Waals surface area contributed by atoms with Crippen LogP contribution in [0.15, 0.2) is 0 Å². The lowest BCUT2D eigenvalue weighted by Crippen LogP contribution is -2.54. The smallest absolute Gasteiger partial charge is 0.410 e. The van der Waals surface area contributed by atoms with E-state index >= 15 is 0 Å². The molecule has 0 aromatic heterocycles. The van der Waals surface area contributed by atoms with E-state index in [0.29, 0.717) is 13.0 Å². The van der Waals surface area contributed by atoms with Crippen LogP contribution in [-0.2, 0) is 9.53 Å². The van der Waals surface area contributed by atoms with Gasteiger partial charge in [-0.05, 0) is 27.2 Å². The first kappa shape index (κ1) is 14.7. The Hall–Kier alpha value is -1.33. The van der Waals surface area contributed by atoms with E-state index in [1.807, 2.05) is 0 Å². The summed E-state index contributed by atoms with van der Waals surface area (Å²) in [4.78, 5) is 25.2. The molecule has 1 aliphatic heterocycles. The number of nitrogens with zero attached hydrogens (tertiary/aromatic N) is 2. The number of carbonyl (C=O) groups excluding carboxylic acids is 2. The molecule has 0 unspecified atom stereocenters. The highest BCUT2D eigenvalue weighted by Crippen LogP contribution is 2.20. The van der Waals surface area contributed by atoms with E-state index in [4.69, 9.17) is 4.74 Å². The number of likely N-dealkylation sites (N-methyl/N-ethyl adjacent to an activating group) is 1. The fourth-order valence-corrected chi connectivity index (χ4v) is 1.86. The first-order chi connectivity index (χ1) is 8.24. The molecular weight excluding hydrogens is 239 g/mol. The molecule has 1 heterocycles. The van der Waals surface area contributed by atoms with E-state index in [0.717, 1.165) is 0 Å². The Bertz CT molecular complexity index is 317. The van der Waals surface area contributed by atoms with Crippen LogP contribution in [0.4, 0.5) is 9.18 Å². The van der Waals surface area contributed by atoms with E-state index in [1.165, 1.54) is 16.8 Å². The second kappa shape index (κ2) is 5.54. The number of likely N-dealkylation sites (tertiary alicyclic amines) is 1. The SMILES string of the molecule is CN(C=O)[C@@H]1CN(C(=O)OC(C)(C)C)CC[C@@H]1F. The van der Waals surface area contributed by atoms with Crippen LogP contribution in [0, 0.1) is 0 Å². The van der Waals surface area contributed by atoms with Crippen LogP contribution in [-0.4, -0.2) is 60.3 Å². The summed E-state index contributed by atoms with van der Waals surface area (Å²) in [5.41, 5.74) is -0.574. The van der Waals surface area contributed by atoms with E-state index in [9.17, 15) is 14.0 Å². The van der Waals surface area contributed by atoms with E-state index in [-0.39, 0.29) is 13.0 Å². The molecule has 0 N–H and O–H groups in total. The Kier molecular flexibility index (Phi) is 4.53. The van der Waals surface area contributed by atoms with Gasteiger partial charge in [0.25, 0.3) is 0 Å². The molecule has 0 aromatic rings. The highest BCUT2D eigenvalue weighted by molar-refractivity contribution is 5.68. The van der Waals surface area contributed by atoms with Crippen molar-refractivity contribution in [2.24, 2.45) is 0 Å². The van der Waals surface area contributed by atoms with E-state index in [1.54, 1.807) is 20.8 Å². The number of rotatable bonds is 2. The minimum Gasteiger partial charge on any atom is -0.444 e. The number of amides is 2. The van der Waals surface area contributed by atoms with Crippen molar-refractivity contribution >= 4 is 12.5 Å². The topological polar surface area (TPSA) is 49.9 Å². The number of alkyl halides is 1. The summed E-state index contributed by atoms with van der Waals surface area (Å²) < 4.78 is 18.9. The summed E-state index contributed by atoms with van der Waals surface area (Å²) in [6.07, 6.45) is -0.754. The molecule has 0 saturated carbocycles. The Balaban J connectivity index is 2.64. The number of hydrogen-bond acceptors (Lipinski definition) is 3. The van der Waals surface area contributed by atoms with Crippen molar-refractivity contribution in [3.8, 4) is 0 Å². The molecule has 6 heteroatoms. The van der Waals surface area contributed by atoms with E-state index in [2.05, 4.69) is 0 Å². The molecule has 1 rings (SSSR count). The summed E-state index contributed by atoms with van der Waals surface area (Å²) >= 11 is 0. The maximum absolute atomic E-state index is 13.7. The van der Waals surface area contributed by atoms with Gasteiger partial charge in [0.1, 0.15) is 11.8 Å². The van der Waals surface area contributed by atoms with Crippen LogP contribution >= 0.6 is 0 Å². The van der Waals surface area contributed by atoms with Crippen molar-refractivity contribution in [2.45, 2.75) is 45.0 Å². The molecule has 0 bridgehead atoms. The minimum atomic E-state index is -1.10. The summed E-state index contributed by atoms with van der Waals surface area (Å²) in [5, 5.41) is 0. The highest BCUT2D eigenvalue weighted by atomic mass is 19.1. The van der Waals surface area contributed by atoms with Crippen LogP contribution in [0.2, 0.25) is 0 Å². The molecule has 1 fully saturated rings. The molecule has 104 valence electrons. The molecular formula is C12H21FN2O3. The van der Waals surface area contributed by atoms with Crippen molar-refractivity contribution in [2.75, 3.05) is 20.1 Å². The predicted octanol–water partition coefficient (Wildman–Crippen LogP) is 1.42. The maximum Gasteiger partial charge on any atom is 0.410 e. The number of carbonyl (C=O) groups is 2. The summed E-state index contributed by atoms with van der Waals surface area (Å²) in [5.74, 6) is 0. The summed E-state index contributed by atoms with van der Waals surface area (Å²) in [6.45, 7) is 5.83. The molecule has 2 amide bonds. The van der Waals surface area contributed by atoms with Crippen LogP contribution < -0.4 is 0 Å². The molecule has 2 atom stereocenters. The van der Waals surface area contributed by atoms with E-state index < -0.39 is 23.9 Å². The Morgan fingerprint density at radius 1 is 1.50 bits per heavy atom. The summed E-state index contributed by atoms with van der Waals surface area (Å²) in [6, 6.07) is -0.594. The molecule has 5 nitrogen and oxygen atoms in total. The Labute approximate surface area is 107 Å². The van der Waals surface area contributed by atoms with Gasteiger partial charge in [-0.1, -0.05) is 0 Å². The van der Waals surface area contributed by atoms with Gasteiger partial charge in [-0.3, -0.25) is 4.79 Å². The minimum absolute atomic E-state index is 0.172. The van der Waals surface area contributed by atoms with Gasteiger partial charge in [0.2, 0.25) is 6.41 Å². The zero-order valence-corrected chi connectivity index (χ0v) is 11.4. The zero-order valence-electron chi connectivity index (χ0n) is 11.4. The van der Waals surface area contributed by atoms with Gasteiger partial charge in [0.05, 0.1) is 6.04 Å². The van der Waals surface area contributed by atoms with Crippen molar-refractivity contribution in [1.82, 2.24) is 9.80 Å². The third-order valence-electron chi connectivity index (χ3n) is 2.84. The average Bonchev–Trinajstić information content (AvgIpc) is 2.26. The second-order valence-electron chi connectivity index (χ2n) is 5.57. The number of hydrogen-bond donors (Lipinski definition) is 0. The average molecular weight is 260 g/mol. The molecule has 0 radical (unpaired) electrons. The first-order valence-corrected chi connectivity index (χ1v) is 6.04. The zero-order chi connectivity index (χ0) is 13.9. The van der Waals surface area contributed by atoms with Crippen molar-refractivity contribution < 1.29 is 18.7 Å². The summed E-state index contributed by atoms with van der Waals surface area (Å²) in [7, 11) is 1.52. The largest absolute Gasteiger partial charge is 0.444 e. The molecule has 1 aliphatic rings. The lowest BCUT2D eigenvalue weighted by Gasteiger charge is -2.38. The van der Waals surface area contributed by atoms with Crippen molar-refractivity contribution in [3.05, 3.63) is 0 Å². The van der Waals surface area contributed by atoms with Gasteiger partial charge < -0.3 is 14.5 Å². The quantitative estimate of drug-likeness (QED) is 0.706. The lowest BCUT2D eigenvalue weighted by molar-refractivity contribution is -0.121. The van der Waals surface area contributed by atoms with Crippen LogP contribution in [0.25, 0.3) is 0 Å². The molecule has 0 spiro atoms. The van der Waals surface area contributed by atoms with Crippen LogP contribution in [0.1, 0.15) is 27.2 Å². The van der Waals surface area contributed by atoms with Gasteiger partial charge in [0, 0.05) is 20.1 Å². The fraction of sp³-hybridized carbons (Fsp3) is 0.833. The monoisotopic (exact) mass is 260 g/mol. The highest BCUT2D eigenvalue weighted by Gasteiger charge is 2.35. The van der Waals surface area contributed by atoms with Gasteiger partial charge in [0.15, 0.2) is 0 Å². The number of piperidine rings is 1. The molecule has 18 heavy (non-hydrogen) atoms. The van der Waals surface area contributed by atoms with Gasteiger partial charge >= 0.3 is 6.09 Å². The maximum atomic E-state index is 13.7. The Morgan fingerprint density at radius 2 is 2.11 bits per heavy atom. The Morgan fingerprint density at radius 3 is 2.61 bits per heavy atom. The van der Waals surface area contributed by atoms with Crippen molar-refractivity contribution in [1.29, 1.82) is 0 Å². The number of ether oxygens (including phenoxy) is 1. The second-order valence-corrected chi connectivity index (χ2v) is 5.57. The fourth-order valence-electron chi connectivity index (χ4n) is 1.86. The third kappa shape index (κ3) is 3.85. The lowest BCUT2D eigenvalue weighted by atomic mass is 10.0. The number of halogens is 1. The normalized spacial score (nSPS) is 24.6. The third-order valence-corrected chi connectivity index (χ3v) is 2.84. The van der Waals surface area contributed by atoms with Gasteiger partial charge in [-0.25, -0.2) is 9.18 Å². The van der Waals surface area contributed by atoms with Crippen molar-refractivity contribution in [3.63, 3.8) is 0 Å². The molecule has 1 saturated heterocycles. The van der Waals surface area contributed by atoms with Crippen LogP contribution in [0.5, 0.6) is 0 Å².